The molecule has 0 aliphatic carbocycles. The van der Waals surface area contributed by atoms with Crippen molar-refractivity contribution in [2.45, 2.75) is 19.6 Å². The average Bonchev–Trinajstić information content (AvgIpc) is 2.46. The number of nitrogens with one attached hydrogen (secondary N) is 1. The molecule has 112 valence electrons. The summed E-state index contributed by atoms with van der Waals surface area (Å²) in [5, 5.41) is 3.09. The van der Waals surface area contributed by atoms with Crippen LogP contribution in [-0.2, 0) is 12.7 Å². The van der Waals surface area contributed by atoms with Crippen molar-refractivity contribution in [3.8, 4) is 11.6 Å². The highest BCUT2D eigenvalue weighted by Gasteiger charge is 2.30. The summed E-state index contributed by atoms with van der Waals surface area (Å²) in [6.07, 6.45) is -1.50. The van der Waals surface area contributed by atoms with Crippen LogP contribution in [0.15, 0.2) is 36.7 Å². The van der Waals surface area contributed by atoms with Gasteiger partial charge in [0, 0.05) is 6.54 Å². The predicted octanol–water partition coefficient (Wildman–Crippen LogP) is 3.40. The molecule has 0 saturated carbocycles. The largest absolute Gasteiger partial charge is 0.437 e. The zero-order valence-corrected chi connectivity index (χ0v) is 11.3. The van der Waals surface area contributed by atoms with E-state index in [9.17, 15) is 13.2 Å². The Labute approximate surface area is 120 Å². The second kappa shape index (κ2) is 6.53. The third-order valence-corrected chi connectivity index (χ3v) is 2.62. The van der Waals surface area contributed by atoms with E-state index in [1.54, 1.807) is 0 Å². The van der Waals surface area contributed by atoms with Crippen molar-refractivity contribution in [2.24, 2.45) is 0 Å². The first-order valence-corrected chi connectivity index (χ1v) is 6.36. The highest BCUT2D eigenvalue weighted by molar-refractivity contribution is 5.32. The number of hydrogen-bond donors (Lipinski definition) is 1. The molecular formula is C14H14F3N3O. The number of ether oxygens (including phenoxy) is 1. The van der Waals surface area contributed by atoms with Gasteiger partial charge in [0.15, 0.2) is 0 Å². The average molecular weight is 297 g/mol. The minimum absolute atomic E-state index is 0.0681. The van der Waals surface area contributed by atoms with Gasteiger partial charge in [-0.1, -0.05) is 13.0 Å². The lowest BCUT2D eigenvalue weighted by Gasteiger charge is -2.09. The Kier molecular flexibility index (Phi) is 4.74. The quantitative estimate of drug-likeness (QED) is 0.919. The molecule has 7 heteroatoms. The molecule has 0 atom stereocenters. The van der Waals surface area contributed by atoms with E-state index in [-0.39, 0.29) is 11.6 Å². The van der Waals surface area contributed by atoms with E-state index in [0.29, 0.717) is 6.54 Å². The van der Waals surface area contributed by atoms with E-state index in [1.807, 2.05) is 6.92 Å². The molecule has 0 saturated heterocycles. The molecule has 21 heavy (non-hydrogen) atoms. The zero-order chi connectivity index (χ0) is 15.3. The van der Waals surface area contributed by atoms with Gasteiger partial charge in [0.25, 0.3) is 0 Å². The first-order valence-electron chi connectivity index (χ1n) is 6.36. The molecule has 1 N–H and O–H groups in total. The summed E-state index contributed by atoms with van der Waals surface area (Å²) in [6.45, 7) is 3.36. The molecule has 0 bridgehead atoms. The summed E-state index contributed by atoms with van der Waals surface area (Å²) in [5.74, 6) is 0.216. The van der Waals surface area contributed by atoms with Crippen molar-refractivity contribution in [2.75, 3.05) is 6.54 Å². The van der Waals surface area contributed by atoms with Gasteiger partial charge >= 0.3 is 6.18 Å². The number of hydrogen-bond acceptors (Lipinski definition) is 4. The van der Waals surface area contributed by atoms with Crippen LogP contribution in [0.4, 0.5) is 13.2 Å². The number of halogens is 3. The highest BCUT2D eigenvalue weighted by Crippen LogP contribution is 2.32. The summed E-state index contributed by atoms with van der Waals surface area (Å²) >= 11 is 0. The molecule has 2 aromatic rings. The third kappa shape index (κ3) is 4.42. The molecule has 1 heterocycles. The Morgan fingerprint density at radius 2 is 2.00 bits per heavy atom. The first-order chi connectivity index (χ1) is 9.99. The SMILES string of the molecule is CCNCc1cnc(Oc2cccc(C(F)(F)F)c2)cn1. The third-order valence-electron chi connectivity index (χ3n) is 2.62. The van der Waals surface area contributed by atoms with Crippen molar-refractivity contribution >= 4 is 0 Å². The maximum atomic E-state index is 12.6. The second-order valence-electron chi connectivity index (χ2n) is 4.25. The van der Waals surface area contributed by atoms with E-state index in [2.05, 4.69) is 15.3 Å². The monoisotopic (exact) mass is 297 g/mol. The van der Waals surface area contributed by atoms with E-state index in [4.69, 9.17) is 4.74 Å². The summed E-state index contributed by atoms with van der Waals surface area (Å²) in [7, 11) is 0. The topological polar surface area (TPSA) is 47.0 Å². The van der Waals surface area contributed by atoms with E-state index >= 15 is 0 Å². The summed E-state index contributed by atoms with van der Waals surface area (Å²) in [6, 6.07) is 4.63. The van der Waals surface area contributed by atoms with Crippen LogP contribution in [0.25, 0.3) is 0 Å². The summed E-state index contributed by atoms with van der Waals surface area (Å²) in [4.78, 5) is 8.12. The Morgan fingerprint density at radius 3 is 2.62 bits per heavy atom. The van der Waals surface area contributed by atoms with Crippen LogP contribution in [0.5, 0.6) is 11.6 Å². The van der Waals surface area contributed by atoms with Gasteiger partial charge in [-0.15, -0.1) is 0 Å². The molecule has 0 spiro atoms. The summed E-state index contributed by atoms with van der Waals surface area (Å²) in [5.41, 5.74) is -0.0371. The maximum Gasteiger partial charge on any atom is 0.416 e. The van der Waals surface area contributed by atoms with Gasteiger partial charge in [0.05, 0.1) is 23.7 Å². The molecule has 1 aromatic heterocycles. The molecular weight excluding hydrogens is 283 g/mol. The molecule has 4 nitrogen and oxygen atoms in total. The van der Waals surface area contributed by atoms with Gasteiger partial charge in [-0.25, -0.2) is 4.98 Å². The van der Waals surface area contributed by atoms with Gasteiger partial charge in [-0.05, 0) is 24.7 Å². The lowest BCUT2D eigenvalue weighted by atomic mass is 10.2. The van der Waals surface area contributed by atoms with E-state index in [0.717, 1.165) is 24.4 Å². The highest BCUT2D eigenvalue weighted by atomic mass is 19.4. The minimum Gasteiger partial charge on any atom is -0.437 e. The van der Waals surface area contributed by atoms with Crippen LogP contribution in [0.2, 0.25) is 0 Å². The second-order valence-corrected chi connectivity index (χ2v) is 4.25. The molecule has 2 rings (SSSR count). The van der Waals surface area contributed by atoms with Gasteiger partial charge in [0.1, 0.15) is 5.75 Å². The van der Waals surface area contributed by atoms with Crippen molar-refractivity contribution in [1.82, 2.24) is 15.3 Å². The minimum atomic E-state index is -4.40. The Morgan fingerprint density at radius 1 is 1.19 bits per heavy atom. The molecule has 0 aliphatic rings. The normalized spacial score (nSPS) is 11.4. The Bertz CT molecular complexity index is 585. The van der Waals surface area contributed by atoms with Crippen LogP contribution >= 0.6 is 0 Å². The van der Waals surface area contributed by atoms with Crippen LogP contribution in [0, 0.1) is 0 Å². The number of alkyl halides is 3. The number of aromatic nitrogens is 2. The number of rotatable bonds is 5. The fourth-order valence-corrected chi connectivity index (χ4v) is 1.60. The van der Waals surface area contributed by atoms with Crippen LogP contribution < -0.4 is 10.1 Å². The van der Waals surface area contributed by atoms with Gasteiger partial charge < -0.3 is 10.1 Å². The Balaban J connectivity index is 2.08. The maximum absolute atomic E-state index is 12.6. The van der Waals surface area contributed by atoms with Crippen LogP contribution in [0.1, 0.15) is 18.2 Å². The molecule has 0 radical (unpaired) electrons. The molecule has 0 amide bonds. The fourth-order valence-electron chi connectivity index (χ4n) is 1.60. The van der Waals surface area contributed by atoms with E-state index in [1.165, 1.54) is 24.5 Å². The summed E-state index contributed by atoms with van der Waals surface area (Å²) < 4.78 is 43.0. The van der Waals surface area contributed by atoms with Gasteiger partial charge in [-0.3, -0.25) is 4.98 Å². The Hall–Kier alpha value is -2.15. The standard InChI is InChI=1S/C14H14F3N3O/c1-2-18-7-11-8-20-13(9-19-11)21-12-5-3-4-10(6-12)14(15,16)17/h3-6,8-9,18H,2,7H2,1H3. The molecule has 0 unspecified atom stereocenters. The smallest absolute Gasteiger partial charge is 0.416 e. The van der Waals surface area contributed by atoms with Crippen molar-refractivity contribution in [3.63, 3.8) is 0 Å². The number of benzene rings is 1. The van der Waals surface area contributed by atoms with Crippen molar-refractivity contribution < 1.29 is 17.9 Å². The van der Waals surface area contributed by atoms with Gasteiger partial charge in [-0.2, -0.15) is 13.2 Å². The van der Waals surface area contributed by atoms with Crippen molar-refractivity contribution in [3.05, 3.63) is 47.9 Å². The molecule has 0 aliphatic heterocycles. The predicted molar refractivity (Wildman–Crippen MR) is 70.9 cm³/mol. The molecule has 1 aromatic carbocycles. The number of nitrogens with zero attached hydrogens (tertiary/aromatic N) is 2. The van der Waals surface area contributed by atoms with Gasteiger partial charge in [0.2, 0.25) is 5.88 Å². The van der Waals surface area contributed by atoms with Crippen LogP contribution in [-0.4, -0.2) is 16.5 Å². The first kappa shape index (κ1) is 15.2. The van der Waals surface area contributed by atoms with E-state index < -0.39 is 11.7 Å². The lowest BCUT2D eigenvalue weighted by molar-refractivity contribution is -0.137. The zero-order valence-electron chi connectivity index (χ0n) is 11.3. The fraction of sp³-hybridized carbons (Fsp3) is 0.286. The molecule has 0 fully saturated rings. The lowest BCUT2D eigenvalue weighted by Crippen LogP contribution is -2.13. The van der Waals surface area contributed by atoms with Crippen molar-refractivity contribution in [1.29, 1.82) is 0 Å². The van der Waals surface area contributed by atoms with Crippen LogP contribution in [0.3, 0.4) is 0 Å².